The highest BCUT2D eigenvalue weighted by Crippen LogP contribution is 2.29. The van der Waals surface area contributed by atoms with Crippen LogP contribution in [0.15, 0.2) is 12.3 Å². The van der Waals surface area contributed by atoms with E-state index in [2.05, 4.69) is 9.97 Å². The third kappa shape index (κ3) is 3.56. The molecule has 0 bridgehead atoms. The van der Waals surface area contributed by atoms with E-state index in [1.165, 1.54) is 0 Å². The van der Waals surface area contributed by atoms with Crippen molar-refractivity contribution in [3.05, 3.63) is 18.0 Å². The number of halogens is 3. The van der Waals surface area contributed by atoms with Gasteiger partial charge in [-0.25, -0.2) is 9.97 Å². The van der Waals surface area contributed by atoms with Gasteiger partial charge in [0.15, 0.2) is 0 Å². The Hall–Kier alpha value is -1.37. The first kappa shape index (κ1) is 14.0. The van der Waals surface area contributed by atoms with Crippen LogP contribution in [0, 0.1) is 5.92 Å². The van der Waals surface area contributed by atoms with E-state index >= 15 is 0 Å². The molecule has 1 fully saturated rings. The van der Waals surface area contributed by atoms with Gasteiger partial charge in [0.05, 0.1) is 0 Å². The van der Waals surface area contributed by atoms with Gasteiger partial charge in [-0.2, -0.15) is 13.2 Å². The van der Waals surface area contributed by atoms with Gasteiger partial charge in [0.25, 0.3) is 0 Å². The zero-order valence-corrected chi connectivity index (χ0v) is 10.7. The summed E-state index contributed by atoms with van der Waals surface area (Å²) < 4.78 is 42.8. The van der Waals surface area contributed by atoms with Crippen LogP contribution >= 0.6 is 0 Å². The van der Waals surface area contributed by atoms with Crippen LogP contribution in [-0.2, 0) is 10.9 Å². The molecule has 0 unspecified atom stereocenters. The lowest BCUT2D eigenvalue weighted by Crippen LogP contribution is -2.36. The predicted molar refractivity (Wildman–Crippen MR) is 63.8 cm³/mol. The van der Waals surface area contributed by atoms with Crippen molar-refractivity contribution in [1.82, 2.24) is 9.97 Å². The molecule has 1 saturated heterocycles. The van der Waals surface area contributed by atoms with E-state index in [-0.39, 0.29) is 5.95 Å². The van der Waals surface area contributed by atoms with Gasteiger partial charge in [-0.05, 0) is 24.8 Å². The molecule has 7 heteroatoms. The number of hydrogen-bond acceptors (Lipinski definition) is 4. The van der Waals surface area contributed by atoms with E-state index in [0.717, 1.165) is 25.1 Å². The minimum atomic E-state index is -4.42. The van der Waals surface area contributed by atoms with Crippen LogP contribution < -0.4 is 4.90 Å². The summed E-state index contributed by atoms with van der Waals surface area (Å²) in [7, 11) is 1.66. The van der Waals surface area contributed by atoms with Crippen LogP contribution in [0.3, 0.4) is 0 Å². The van der Waals surface area contributed by atoms with Crippen molar-refractivity contribution >= 4 is 5.95 Å². The number of aromatic nitrogens is 2. The number of nitrogens with zero attached hydrogens (tertiary/aromatic N) is 3. The van der Waals surface area contributed by atoms with Crippen molar-refractivity contribution < 1.29 is 17.9 Å². The first-order chi connectivity index (χ1) is 9.00. The summed E-state index contributed by atoms with van der Waals surface area (Å²) in [5.41, 5.74) is -0.892. The minimum Gasteiger partial charge on any atom is -0.384 e. The van der Waals surface area contributed by atoms with Gasteiger partial charge in [0.2, 0.25) is 5.95 Å². The summed E-state index contributed by atoms with van der Waals surface area (Å²) in [6.45, 7) is 2.02. The fourth-order valence-electron chi connectivity index (χ4n) is 2.19. The second-order valence-corrected chi connectivity index (χ2v) is 4.63. The number of hydrogen-bond donors (Lipinski definition) is 0. The topological polar surface area (TPSA) is 38.2 Å². The van der Waals surface area contributed by atoms with Gasteiger partial charge < -0.3 is 9.64 Å². The molecule has 0 radical (unpaired) electrons. The van der Waals surface area contributed by atoms with E-state index in [9.17, 15) is 13.2 Å². The van der Waals surface area contributed by atoms with E-state index in [0.29, 0.717) is 25.6 Å². The standard InChI is InChI=1S/C12H16F3N3O/c1-19-8-9-3-6-18(7-4-9)11-16-5-2-10(17-11)12(13,14)15/h2,5,9H,3-4,6-8H2,1H3. The molecule has 0 aliphatic carbocycles. The summed E-state index contributed by atoms with van der Waals surface area (Å²) in [6.07, 6.45) is -1.50. The Bertz CT molecular complexity index is 417. The van der Waals surface area contributed by atoms with Gasteiger partial charge in [0.1, 0.15) is 5.69 Å². The number of ether oxygens (including phenoxy) is 1. The molecule has 2 heterocycles. The Balaban J connectivity index is 2.03. The van der Waals surface area contributed by atoms with Crippen molar-refractivity contribution in [2.75, 3.05) is 31.7 Å². The summed E-state index contributed by atoms with van der Waals surface area (Å²) in [6, 6.07) is 0.890. The minimum absolute atomic E-state index is 0.158. The van der Waals surface area contributed by atoms with Crippen molar-refractivity contribution in [1.29, 1.82) is 0 Å². The molecule has 0 saturated carbocycles. The molecule has 1 aromatic rings. The van der Waals surface area contributed by atoms with E-state index < -0.39 is 11.9 Å². The lowest BCUT2D eigenvalue weighted by Gasteiger charge is -2.31. The summed E-state index contributed by atoms with van der Waals surface area (Å²) in [5, 5.41) is 0. The Kier molecular flexibility index (Phi) is 4.24. The zero-order valence-electron chi connectivity index (χ0n) is 10.7. The molecule has 0 aromatic carbocycles. The number of methoxy groups -OCH3 is 1. The Labute approximate surface area is 109 Å². The lowest BCUT2D eigenvalue weighted by molar-refractivity contribution is -0.141. The van der Waals surface area contributed by atoms with Crippen LogP contribution in [0.25, 0.3) is 0 Å². The van der Waals surface area contributed by atoms with Gasteiger partial charge in [-0.1, -0.05) is 0 Å². The summed E-state index contributed by atoms with van der Waals surface area (Å²) in [5.74, 6) is 0.623. The van der Waals surface area contributed by atoms with E-state index in [1.54, 1.807) is 12.0 Å². The number of piperidine rings is 1. The SMILES string of the molecule is COCC1CCN(c2nccc(C(F)(F)F)n2)CC1. The highest BCUT2D eigenvalue weighted by atomic mass is 19.4. The lowest BCUT2D eigenvalue weighted by atomic mass is 9.98. The molecule has 1 aliphatic heterocycles. The maximum Gasteiger partial charge on any atom is 0.433 e. The first-order valence-corrected chi connectivity index (χ1v) is 6.15. The second-order valence-electron chi connectivity index (χ2n) is 4.63. The molecule has 4 nitrogen and oxygen atoms in total. The monoisotopic (exact) mass is 275 g/mol. The molecular formula is C12H16F3N3O. The highest BCUT2D eigenvalue weighted by molar-refractivity contribution is 5.31. The maximum atomic E-state index is 12.6. The average molecular weight is 275 g/mol. The number of anilines is 1. The molecule has 1 aliphatic rings. The fraction of sp³-hybridized carbons (Fsp3) is 0.667. The molecule has 0 N–H and O–H groups in total. The normalized spacial score (nSPS) is 17.8. The highest BCUT2D eigenvalue weighted by Gasteiger charge is 2.33. The van der Waals surface area contributed by atoms with Crippen molar-refractivity contribution in [3.63, 3.8) is 0 Å². The summed E-state index contributed by atoms with van der Waals surface area (Å²) in [4.78, 5) is 9.32. The first-order valence-electron chi connectivity index (χ1n) is 6.15. The van der Waals surface area contributed by atoms with Crippen LogP contribution in [0.5, 0.6) is 0 Å². The number of alkyl halides is 3. The zero-order chi connectivity index (χ0) is 13.9. The Morgan fingerprint density at radius 2 is 2.05 bits per heavy atom. The van der Waals surface area contributed by atoms with E-state index in [1.807, 2.05) is 0 Å². The second kappa shape index (κ2) is 5.73. The smallest absolute Gasteiger partial charge is 0.384 e. The molecule has 106 valence electrons. The van der Waals surface area contributed by atoms with Gasteiger partial charge in [0, 0.05) is 33.0 Å². The third-order valence-corrected chi connectivity index (χ3v) is 3.23. The van der Waals surface area contributed by atoms with E-state index in [4.69, 9.17) is 4.74 Å². The van der Waals surface area contributed by atoms with Gasteiger partial charge >= 0.3 is 6.18 Å². The Morgan fingerprint density at radius 1 is 1.37 bits per heavy atom. The van der Waals surface area contributed by atoms with Crippen LogP contribution in [0.2, 0.25) is 0 Å². The molecule has 1 aromatic heterocycles. The van der Waals surface area contributed by atoms with Crippen molar-refractivity contribution in [3.8, 4) is 0 Å². The molecule has 19 heavy (non-hydrogen) atoms. The summed E-state index contributed by atoms with van der Waals surface area (Å²) >= 11 is 0. The average Bonchev–Trinajstić information content (AvgIpc) is 2.39. The van der Waals surface area contributed by atoms with Crippen LogP contribution in [0.4, 0.5) is 19.1 Å². The van der Waals surface area contributed by atoms with Crippen LogP contribution in [0.1, 0.15) is 18.5 Å². The molecule has 0 amide bonds. The van der Waals surface area contributed by atoms with Crippen molar-refractivity contribution in [2.24, 2.45) is 5.92 Å². The molecule has 0 atom stereocenters. The quantitative estimate of drug-likeness (QED) is 0.848. The molecule has 0 spiro atoms. The third-order valence-electron chi connectivity index (χ3n) is 3.23. The van der Waals surface area contributed by atoms with Crippen LogP contribution in [-0.4, -0.2) is 36.8 Å². The molecular weight excluding hydrogens is 259 g/mol. The predicted octanol–water partition coefficient (Wildman–Crippen LogP) is 2.36. The molecule has 2 rings (SSSR count). The largest absolute Gasteiger partial charge is 0.433 e. The fourth-order valence-corrected chi connectivity index (χ4v) is 2.19. The number of rotatable bonds is 3. The Morgan fingerprint density at radius 3 is 2.63 bits per heavy atom. The van der Waals surface area contributed by atoms with Crippen molar-refractivity contribution in [2.45, 2.75) is 19.0 Å². The van der Waals surface area contributed by atoms with Gasteiger partial charge in [-0.15, -0.1) is 0 Å². The van der Waals surface area contributed by atoms with Gasteiger partial charge in [-0.3, -0.25) is 0 Å². The maximum absolute atomic E-state index is 12.6.